The van der Waals surface area contributed by atoms with Gasteiger partial charge in [-0.3, -0.25) is 9.59 Å². The molecule has 0 aromatic heterocycles. The Morgan fingerprint density at radius 3 is 2.47 bits per heavy atom. The summed E-state index contributed by atoms with van der Waals surface area (Å²) in [5, 5.41) is 0. The molecule has 0 spiro atoms. The summed E-state index contributed by atoms with van der Waals surface area (Å²) in [4.78, 5) is 25.5. The van der Waals surface area contributed by atoms with E-state index in [0.717, 1.165) is 31.5 Å². The molecule has 0 aliphatic carbocycles. The molecule has 1 aromatic carbocycles. The highest BCUT2D eigenvalue weighted by Gasteiger charge is 2.25. The summed E-state index contributed by atoms with van der Waals surface area (Å²) in [6.45, 7) is 3.20. The lowest BCUT2D eigenvalue weighted by Gasteiger charge is -2.20. The molecule has 4 nitrogen and oxygen atoms in total. The molecule has 1 aliphatic rings. The lowest BCUT2D eigenvalue weighted by atomic mass is 10.1. The van der Waals surface area contributed by atoms with Crippen molar-refractivity contribution in [3.8, 4) is 0 Å². The molecule has 1 fully saturated rings. The van der Waals surface area contributed by atoms with E-state index >= 15 is 0 Å². The third-order valence-corrected chi connectivity index (χ3v) is 3.27. The number of rotatable bonds is 4. The first-order valence-corrected chi connectivity index (χ1v) is 6.69. The maximum absolute atomic E-state index is 12.0. The SMILES string of the molecule is C[C@H](OC(=O)Cc1ccccc1)C(=O)N1CCCC1. The standard InChI is InChI=1S/C15H19NO3/c1-12(15(18)16-9-5-6-10-16)19-14(17)11-13-7-3-2-4-8-13/h2-4,7-8,12H,5-6,9-11H2,1H3/t12-/m0/s1. The Morgan fingerprint density at radius 1 is 1.21 bits per heavy atom. The topological polar surface area (TPSA) is 46.6 Å². The number of esters is 1. The summed E-state index contributed by atoms with van der Waals surface area (Å²) in [7, 11) is 0. The Morgan fingerprint density at radius 2 is 1.84 bits per heavy atom. The molecule has 1 aromatic rings. The first-order valence-electron chi connectivity index (χ1n) is 6.69. The molecule has 1 atom stereocenters. The monoisotopic (exact) mass is 261 g/mol. The number of carbonyl (C=O) groups excluding carboxylic acids is 2. The van der Waals surface area contributed by atoms with Gasteiger partial charge in [0.15, 0.2) is 6.10 Å². The van der Waals surface area contributed by atoms with Gasteiger partial charge in [0.05, 0.1) is 6.42 Å². The first-order chi connectivity index (χ1) is 9.16. The van der Waals surface area contributed by atoms with Crippen LogP contribution in [-0.4, -0.2) is 36.0 Å². The van der Waals surface area contributed by atoms with Gasteiger partial charge in [0, 0.05) is 13.1 Å². The van der Waals surface area contributed by atoms with E-state index in [1.807, 2.05) is 30.3 Å². The minimum absolute atomic E-state index is 0.0843. The van der Waals surface area contributed by atoms with Crippen molar-refractivity contribution in [2.75, 3.05) is 13.1 Å². The van der Waals surface area contributed by atoms with Crippen molar-refractivity contribution in [1.29, 1.82) is 0 Å². The fourth-order valence-corrected chi connectivity index (χ4v) is 2.25. The Bertz CT molecular complexity index is 438. The zero-order valence-electron chi connectivity index (χ0n) is 11.2. The van der Waals surface area contributed by atoms with E-state index < -0.39 is 6.10 Å². The smallest absolute Gasteiger partial charge is 0.311 e. The number of hydrogen-bond donors (Lipinski definition) is 0. The number of nitrogens with zero attached hydrogens (tertiary/aromatic N) is 1. The van der Waals surface area contributed by atoms with Crippen LogP contribution in [0.4, 0.5) is 0 Å². The van der Waals surface area contributed by atoms with E-state index in [4.69, 9.17) is 4.74 Å². The fourth-order valence-electron chi connectivity index (χ4n) is 2.25. The van der Waals surface area contributed by atoms with Gasteiger partial charge in [0.2, 0.25) is 0 Å². The van der Waals surface area contributed by atoms with Crippen LogP contribution in [0.3, 0.4) is 0 Å². The predicted molar refractivity (Wildman–Crippen MR) is 71.5 cm³/mol. The van der Waals surface area contributed by atoms with Crippen LogP contribution in [0.15, 0.2) is 30.3 Å². The zero-order valence-corrected chi connectivity index (χ0v) is 11.2. The number of carbonyl (C=O) groups is 2. The number of hydrogen-bond acceptors (Lipinski definition) is 3. The minimum atomic E-state index is -0.686. The number of amides is 1. The van der Waals surface area contributed by atoms with Gasteiger partial charge < -0.3 is 9.64 Å². The van der Waals surface area contributed by atoms with Crippen LogP contribution >= 0.6 is 0 Å². The molecule has 0 unspecified atom stereocenters. The van der Waals surface area contributed by atoms with Gasteiger partial charge in [-0.25, -0.2) is 0 Å². The van der Waals surface area contributed by atoms with Crippen molar-refractivity contribution in [3.05, 3.63) is 35.9 Å². The predicted octanol–water partition coefficient (Wildman–Crippen LogP) is 1.78. The molecular formula is C15H19NO3. The van der Waals surface area contributed by atoms with E-state index in [1.165, 1.54) is 0 Å². The van der Waals surface area contributed by atoms with Crippen molar-refractivity contribution in [2.45, 2.75) is 32.3 Å². The van der Waals surface area contributed by atoms with Crippen LogP contribution in [-0.2, 0) is 20.7 Å². The van der Waals surface area contributed by atoms with Gasteiger partial charge >= 0.3 is 5.97 Å². The van der Waals surface area contributed by atoms with Gasteiger partial charge in [-0.15, -0.1) is 0 Å². The van der Waals surface area contributed by atoms with Gasteiger partial charge in [-0.2, -0.15) is 0 Å². The van der Waals surface area contributed by atoms with Crippen molar-refractivity contribution < 1.29 is 14.3 Å². The van der Waals surface area contributed by atoms with Crippen LogP contribution < -0.4 is 0 Å². The van der Waals surface area contributed by atoms with Crippen LogP contribution in [0, 0.1) is 0 Å². The molecule has 0 radical (unpaired) electrons. The van der Waals surface area contributed by atoms with Gasteiger partial charge in [-0.1, -0.05) is 30.3 Å². The molecule has 0 N–H and O–H groups in total. The molecule has 2 rings (SSSR count). The zero-order chi connectivity index (χ0) is 13.7. The quantitative estimate of drug-likeness (QED) is 0.776. The summed E-state index contributed by atoms with van der Waals surface area (Å²) >= 11 is 0. The molecule has 1 amide bonds. The highest BCUT2D eigenvalue weighted by molar-refractivity contribution is 5.84. The molecule has 1 saturated heterocycles. The van der Waals surface area contributed by atoms with E-state index in [-0.39, 0.29) is 18.3 Å². The van der Waals surface area contributed by atoms with Crippen LogP contribution in [0.1, 0.15) is 25.3 Å². The second-order valence-corrected chi connectivity index (χ2v) is 4.83. The van der Waals surface area contributed by atoms with Crippen LogP contribution in [0.25, 0.3) is 0 Å². The summed E-state index contributed by atoms with van der Waals surface area (Å²) in [5.41, 5.74) is 0.897. The highest BCUT2D eigenvalue weighted by atomic mass is 16.5. The van der Waals surface area contributed by atoms with Crippen LogP contribution in [0.5, 0.6) is 0 Å². The van der Waals surface area contributed by atoms with Crippen molar-refractivity contribution >= 4 is 11.9 Å². The Balaban J connectivity index is 1.83. The third kappa shape index (κ3) is 3.81. The van der Waals surface area contributed by atoms with Crippen molar-refractivity contribution in [1.82, 2.24) is 4.90 Å². The normalized spacial score (nSPS) is 16.2. The number of likely N-dealkylation sites (tertiary alicyclic amines) is 1. The largest absolute Gasteiger partial charge is 0.452 e. The first kappa shape index (κ1) is 13.6. The Labute approximate surface area is 113 Å². The highest BCUT2D eigenvalue weighted by Crippen LogP contribution is 2.11. The lowest BCUT2D eigenvalue weighted by molar-refractivity contribution is -0.158. The molecule has 0 bridgehead atoms. The van der Waals surface area contributed by atoms with Gasteiger partial charge in [0.25, 0.3) is 5.91 Å². The minimum Gasteiger partial charge on any atom is -0.452 e. The molecule has 0 saturated carbocycles. The number of benzene rings is 1. The third-order valence-electron chi connectivity index (χ3n) is 3.27. The van der Waals surface area contributed by atoms with Gasteiger partial charge in [0.1, 0.15) is 0 Å². The average molecular weight is 261 g/mol. The molecule has 1 aliphatic heterocycles. The van der Waals surface area contributed by atoms with E-state index in [9.17, 15) is 9.59 Å². The second-order valence-electron chi connectivity index (χ2n) is 4.83. The lowest BCUT2D eigenvalue weighted by Crippen LogP contribution is -2.38. The van der Waals surface area contributed by atoms with Crippen LogP contribution in [0.2, 0.25) is 0 Å². The van der Waals surface area contributed by atoms with Gasteiger partial charge in [-0.05, 0) is 25.3 Å². The molecule has 1 heterocycles. The summed E-state index contributed by atoms with van der Waals surface area (Å²) < 4.78 is 5.20. The molecule has 19 heavy (non-hydrogen) atoms. The fraction of sp³-hybridized carbons (Fsp3) is 0.467. The van der Waals surface area contributed by atoms with Crippen molar-refractivity contribution in [2.24, 2.45) is 0 Å². The summed E-state index contributed by atoms with van der Waals surface area (Å²) in [5.74, 6) is -0.440. The Hall–Kier alpha value is -1.84. The summed E-state index contributed by atoms with van der Waals surface area (Å²) in [6, 6.07) is 9.39. The average Bonchev–Trinajstić information content (AvgIpc) is 2.92. The maximum atomic E-state index is 12.0. The van der Waals surface area contributed by atoms with E-state index in [1.54, 1.807) is 11.8 Å². The van der Waals surface area contributed by atoms with Crippen molar-refractivity contribution in [3.63, 3.8) is 0 Å². The summed E-state index contributed by atoms with van der Waals surface area (Å²) in [6.07, 6.45) is 1.60. The maximum Gasteiger partial charge on any atom is 0.311 e. The van der Waals surface area contributed by atoms with E-state index in [2.05, 4.69) is 0 Å². The number of ether oxygens (including phenoxy) is 1. The molecular weight excluding hydrogens is 242 g/mol. The second kappa shape index (κ2) is 6.36. The Kier molecular flexibility index (Phi) is 4.55. The molecule has 4 heteroatoms. The van der Waals surface area contributed by atoms with E-state index in [0.29, 0.717) is 0 Å². The molecule has 102 valence electrons.